The van der Waals surface area contributed by atoms with Gasteiger partial charge >= 0.3 is 6.03 Å². The lowest BCUT2D eigenvalue weighted by Gasteiger charge is -2.37. The molecule has 0 spiro atoms. The zero-order valence-electron chi connectivity index (χ0n) is 15.9. The Balaban J connectivity index is 1.89. The van der Waals surface area contributed by atoms with Gasteiger partial charge in [-0.25, -0.2) is 13.2 Å². The summed E-state index contributed by atoms with van der Waals surface area (Å²) in [6, 6.07) is 4.78. The first-order chi connectivity index (χ1) is 13.2. The number of benzene rings is 1. The van der Waals surface area contributed by atoms with E-state index < -0.39 is 21.1 Å². The van der Waals surface area contributed by atoms with Crippen LogP contribution in [0.25, 0.3) is 0 Å². The molecule has 28 heavy (non-hydrogen) atoms. The van der Waals surface area contributed by atoms with Gasteiger partial charge in [-0.1, -0.05) is 19.9 Å². The summed E-state index contributed by atoms with van der Waals surface area (Å²) in [5, 5.41) is 11.0. The molecule has 3 rings (SSSR count). The van der Waals surface area contributed by atoms with E-state index in [2.05, 4.69) is 0 Å². The molecule has 154 valence electrons. The highest BCUT2D eigenvalue weighted by atomic mass is 32.2. The Kier molecular flexibility index (Phi) is 5.87. The van der Waals surface area contributed by atoms with Gasteiger partial charge in [-0.2, -0.15) is 4.31 Å². The molecule has 1 atom stereocenters. The number of rotatable bonds is 4. The lowest BCUT2D eigenvalue weighted by molar-refractivity contribution is -0.385. The maximum atomic E-state index is 13.2. The number of non-ortho nitro benzene ring substituents is 1. The lowest BCUT2D eigenvalue weighted by Crippen LogP contribution is -2.53. The van der Waals surface area contributed by atoms with Crippen molar-refractivity contribution in [3.05, 3.63) is 34.4 Å². The molecule has 2 aliphatic heterocycles. The van der Waals surface area contributed by atoms with E-state index in [-0.39, 0.29) is 35.6 Å². The van der Waals surface area contributed by atoms with E-state index >= 15 is 0 Å². The van der Waals surface area contributed by atoms with Gasteiger partial charge < -0.3 is 14.5 Å². The van der Waals surface area contributed by atoms with Crippen molar-refractivity contribution >= 4 is 21.7 Å². The number of ether oxygens (including phenoxy) is 1. The number of nitro groups is 1. The van der Waals surface area contributed by atoms with Crippen LogP contribution in [-0.4, -0.2) is 79.0 Å². The smallest absolute Gasteiger partial charge is 0.321 e. The molecule has 0 aromatic heterocycles. The fraction of sp³-hybridized carbons (Fsp3) is 0.588. The van der Waals surface area contributed by atoms with Crippen molar-refractivity contribution in [1.82, 2.24) is 14.1 Å². The number of carbonyl (C=O) groups is 1. The highest BCUT2D eigenvalue weighted by Crippen LogP contribution is 2.30. The molecule has 2 heterocycles. The van der Waals surface area contributed by atoms with Crippen LogP contribution in [0, 0.1) is 16.0 Å². The van der Waals surface area contributed by atoms with Crippen LogP contribution in [0.15, 0.2) is 29.2 Å². The summed E-state index contributed by atoms with van der Waals surface area (Å²) < 4.78 is 33.0. The second kappa shape index (κ2) is 8.02. The van der Waals surface area contributed by atoms with Gasteiger partial charge in [0.1, 0.15) is 6.17 Å². The first-order valence-corrected chi connectivity index (χ1v) is 10.6. The van der Waals surface area contributed by atoms with Crippen molar-refractivity contribution in [2.75, 3.05) is 39.4 Å². The Morgan fingerprint density at radius 3 is 2.50 bits per heavy atom. The van der Waals surface area contributed by atoms with Gasteiger partial charge in [0.05, 0.1) is 23.0 Å². The monoisotopic (exact) mass is 412 g/mol. The molecule has 0 unspecified atom stereocenters. The molecule has 0 bridgehead atoms. The maximum absolute atomic E-state index is 13.2. The summed E-state index contributed by atoms with van der Waals surface area (Å²) in [7, 11) is -3.99. The first kappa shape index (κ1) is 20.5. The van der Waals surface area contributed by atoms with Crippen molar-refractivity contribution < 1.29 is 22.9 Å². The molecule has 2 aliphatic rings. The third-order valence-electron chi connectivity index (χ3n) is 4.93. The molecule has 0 N–H and O–H groups in total. The third-order valence-corrected chi connectivity index (χ3v) is 6.80. The lowest BCUT2D eigenvalue weighted by atomic mass is 10.1. The predicted octanol–water partition coefficient (Wildman–Crippen LogP) is 1.34. The van der Waals surface area contributed by atoms with Crippen molar-refractivity contribution in [2.24, 2.45) is 5.92 Å². The van der Waals surface area contributed by atoms with E-state index in [0.717, 1.165) is 6.07 Å². The number of hydrogen-bond donors (Lipinski definition) is 0. The summed E-state index contributed by atoms with van der Waals surface area (Å²) in [5.41, 5.74) is -0.289. The van der Waals surface area contributed by atoms with E-state index in [9.17, 15) is 23.3 Å². The Bertz CT molecular complexity index is 853. The number of nitrogens with zero attached hydrogens (tertiary/aromatic N) is 4. The highest BCUT2D eigenvalue weighted by molar-refractivity contribution is 7.89. The number of nitro benzene ring substituents is 1. The summed E-state index contributed by atoms with van der Waals surface area (Å²) in [4.78, 5) is 26.4. The Hall–Kier alpha value is -2.24. The SMILES string of the molecule is CC(C)[C@@H]1N(C(=O)N2CCOCC2)CCN1S(=O)(=O)c1cccc([N+](=O)[O-])c1. The molecular formula is C17H24N4O6S. The third kappa shape index (κ3) is 3.82. The van der Waals surface area contributed by atoms with E-state index in [4.69, 9.17) is 4.74 Å². The van der Waals surface area contributed by atoms with E-state index in [1.54, 1.807) is 9.80 Å². The van der Waals surface area contributed by atoms with Gasteiger partial charge in [0.25, 0.3) is 5.69 Å². The van der Waals surface area contributed by atoms with Gasteiger partial charge in [-0.05, 0) is 12.0 Å². The summed E-state index contributed by atoms with van der Waals surface area (Å²) >= 11 is 0. The van der Waals surface area contributed by atoms with Gasteiger partial charge in [-0.3, -0.25) is 10.1 Å². The van der Waals surface area contributed by atoms with Gasteiger partial charge in [-0.15, -0.1) is 0 Å². The van der Waals surface area contributed by atoms with Crippen molar-refractivity contribution in [1.29, 1.82) is 0 Å². The standard InChI is InChI=1S/C17H24N4O6S/c1-13(2)16-19(17(22)18-8-10-27-11-9-18)6-7-20(16)28(25,26)15-5-3-4-14(12-15)21(23)24/h3-5,12-13,16H,6-11H2,1-2H3/t16-/m1/s1. The van der Waals surface area contributed by atoms with Crippen molar-refractivity contribution in [3.63, 3.8) is 0 Å². The minimum Gasteiger partial charge on any atom is -0.378 e. The minimum atomic E-state index is -3.99. The molecule has 2 saturated heterocycles. The normalized spacial score (nSPS) is 21.3. The molecule has 0 radical (unpaired) electrons. The maximum Gasteiger partial charge on any atom is 0.321 e. The van der Waals surface area contributed by atoms with E-state index in [1.807, 2.05) is 13.8 Å². The molecule has 0 aliphatic carbocycles. The molecule has 2 fully saturated rings. The highest BCUT2D eigenvalue weighted by Gasteiger charge is 2.45. The Labute approximate surface area is 163 Å². The second-order valence-corrected chi connectivity index (χ2v) is 8.99. The van der Waals surface area contributed by atoms with Crippen LogP contribution in [0.4, 0.5) is 10.5 Å². The Morgan fingerprint density at radius 1 is 1.21 bits per heavy atom. The van der Waals surface area contributed by atoms with E-state index in [1.165, 1.54) is 22.5 Å². The average Bonchev–Trinajstić information content (AvgIpc) is 3.14. The zero-order valence-corrected chi connectivity index (χ0v) is 16.7. The largest absolute Gasteiger partial charge is 0.378 e. The fourth-order valence-corrected chi connectivity index (χ4v) is 5.37. The van der Waals surface area contributed by atoms with E-state index in [0.29, 0.717) is 26.3 Å². The fourth-order valence-electron chi connectivity index (χ4n) is 3.62. The summed E-state index contributed by atoms with van der Waals surface area (Å²) in [5.74, 6) is -0.152. The number of morpholine rings is 1. The second-order valence-electron chi connectivity index (χ2n) is 7.10. The number of sulfonamides is 1. The van der Waals surface area contributed by atoms with Crippen molar-refractivity contribution in [2.45, 2.75) is 24.9 Å². The van der Waals surface area contributed by atoms with Crippen LogP contribution in [0.2, 0.25) is 0 Å². The van der Waals surface area contributed by atoms with Crippen LogP contribution < -0.4 is 0 Å². The molecule has 1 aromatic carbocycles. The van der Waals surface area contributed by atoms with Crippen LogP contribution in [0.5, 0.6) is 0 Å². The van der Waals surface area contributed by atoms with Gasteiger partial charge in [0, 0.05) is 38.3 Å². The Morgan fingerprint density at radius 2 is 1.89 bits per heavy atom. The molecule has 1 aromatic rings. The van der Waals surface area contributed by atoms with Crippen LogP contribution >= 0.6 is 0 Å². The minimum absolute atomic E-state index is 0.143. The topological polar surface area (TPSA) is 113 Å². The van der Waals surface area contributed by atoms with Gasteiger partial charge in [0.2, 0.25) is 10.0 Å². The number of urea groups is 1. The molecule has 11 heteroatoms. The molecule has 10 nitrogen and oxygen atoms in total. The van der Waals surface area contributed by atoms with Crippen LogP contribution in [0.3, 0.4) is 0 Å². The quantitative estimate of drug-likeness (QED) is 0.545. The predicted molar refractivity (Wildman–Crippen MR) is 100 cm³/mol. The molecule has 0 saturated carbocycles. The number of amides is 2. The first-order valence-electron chi connectivity index (χ1n) is 9.13. The summed E-state index contributed by atoms with van der Waals surface area (Å²) in [6.07, 6.45) is -0.653. The van der Waals surface area contributed by atoms with Crippen LogP contribution in [-0.2, 0) is 14.8 Å². The number of carbonyl (C=O) groups excluding carboxylic acids is 1. The average molecular weight is 412 g/mol. The zero-order chi connectivity index (χ0) is 20.5. The van der Waals surface area contributed by atoms with Crippen molar-refractivity contribution in [3.8, 4) is 0 Å². The van der Waals surface area contributed by atoms with Crippen LogP contribution in [0.1, 0.15) is 13.8 Å². The summed E-state index contributed by atoms with van der Waals surface area (Å²) in [6.45, 7) is 5.98. The van der Waals surface area contributed by atoms with Gasteiger partial charge in [0.15, 0.2) is 0 Å². The molecular weight excluding hydrogens is 388 g/mol. The number of hydrogen-bond acceptors (Lipinski definition) is 6. The molecule has 2 amide bonds.